The highest BCUT2D eigenvalue weighted by Crippen LogP contribution is 2.43. The molecule has 0 spiro atoms. The molecule has 1 heterocycles. The third-order valence-electron chi connectivity index (χ3n) is 3.59. The maximum atomic E-state index is 10.3. The molecule has 1 aromatic carbocycles. The average molecular weight is 248 g/mol. The van der Waals surface area contributed by atoms with Gasteiger partial charge >= 0.3 is 0 Å². The summed E-state index contributed by atoms with van der Waals surface area (Å²) in [4.78, 5) is 0. The second-order valence-electron chi connectivity index (χ2n) is 7.04. The first-order valence-corrected chi connectivity index (χ1v) is 6.62. The van der Waals surface area contributed by atoms with E-state index in [1.165, 1.54) is 5.56 Å². The van der Waals surface area contributed by atoms with Crippen molar-refractivity contribution >= 4 is 0 Å². The minimum atomic E-state index is -0.426. The van der Waals surface area contributed by atoms with Crippen molar-refractivity contribution in [1.29, 1.82) is 0 Å². The summed E-state index contributed by atoms with van der Waals surface area (Å²) in [5.74, 6) is 0.867. The molecule has 0 fully saturated rings. The Morgan fingerprint density at radius 2 is 1.89 bits per heavy atom. The van der Waals surface area contributed by atoms with E-state index in [0.717, 1.165) is 16.9 Å². The summed E-state index contributed by atoms with van der Waals surface area (Å²) in [6.45, 7) is 12.7. The van der Waals surface area contributed by atoms with Gasteiger partial charge in [0.2, 0.25) is 0 Å². The lowest BCUT2D eigenvalue weighted by atomic mass is 9.82. The zero-order valence-corrected chi connectivity index (χ0v) is 12.3. The Balaban J connectivity index is 2.56. The monoisotopic (exact) mass is 248 g/mol. The molecular formula is C16H24O2. The van der Waals surface area contributed by atoms with Crippen molar-refractivity contribution in [3.05, 3.63) is 28.8 Å². The summed E-state index contributed by atoms with van der Waals surface area (Å²) >= 11 is 0. The van der Waals surface area contributed by atoms with Gasteiger partial charge in [0, 0.05) is 12.0 Å². The Labute approximate surface area is 110 Å². The molecule has 0 bridgehead atoms. The molecule has 2 rings (SSSR count). The van der Waals surface area contributed by atoms with E-state index in [4.69, 9.17) is 4.74 Å². The number of hydrogen-bond donors (Lipinski definition) is 1. The van der Waals surface area contributed by atoms with E-state index in [-0.39, 0.29) is 11.0 Å². The van der Waals surface area contributed by atoms with E-state index in [9.17, 15) is 5.11 Å². The van der Waals surface area contributed by atoms with Gasteiger partial charge in [-0.1, -0.05) is 26.8 Å². The largest absolute Gasteiger partial charge is 0.487 e. The number of hydrogen-bond acceptors (Lipinski definition) is 2. The first-order chi connectivity index (χ1) is 8.10. The molecule has 1 aliphatic rings. The van der Waals surface area contributed by atoms with Crippen LogP contribution < -0.4 is 4.74 Å². The molecule has 1 N–H and O–H groups in total. The lowest BCUT2D eigenvalue weighted by Crippen LogP contribution is -2.35. The lowest BCUT2D eigenvalue weighted by Gasteiger charge is -2.37. The Morgan fingerprint density at radius 1 is 1.28 bits per heavy atom. The highest BCUT2D eigenvalue weighted by atomic mass is 16.5. The number of aliphatic hydroxyl groups is 1. The smallest absolute Gasteiger partial charge is 0.128 e. The van der Waals surface area contributed by atoms with E-state index < -0.39 is 6.10 Å². The van der Waals surface area contributed by atoms with Crippen molar-refractivity contribution in [2.45, 2.75) is 65.1 Å². The standard InChI is InChI=1S/C16H24O2/c1-10-7-11(15(2,3)4)8-12-13(17)9-16(5,6)18-14(10)12/h7-8,13,17H,9H2,1-6H3. The molecule has 1 aliphatic heterocycles. The fourth-order valence-electron chi connectivity index (χ4n) is 2.51. The SMILES string of the molecule is Cc1cc(C(C)(C)C)cc2c1OC(C)(C)CC2O. The molecule has 18 heavy (non-hydrogen) atoms. The molecule has 2 nitrogen and oxygen atoms in total. The van der Waals surface area contributed by atoms with Gasteiger partial charge in [0.15, 0.2) is 0 Å². The van der Waals surface area contributed by atoms with Gasteiger partial charge in [-0.2, -0.15) is 0 Å². The van der Waals surface area contributed by atoms with Crippen molar-refractivity contribution in [3.63, 3.8) is 0 Å². The fourth-order valence-corrected chi connectivity index (χ4v) is 2.51. The van der Waals surface area contributed by atoms with Gasteiger partial charge in [-0.15, -0.1) is 0 Å². The van der Waals surface area contributed by atoms with Gasteiger partial charge in [-0.3, -0.25) is 0 Å². The molecule has 2 heteroatoms. The molecule has 1 atom stereocenters. The average Bonchev–Trinajstić information content (AvgIpc) is 2.16. The first-order valence-electron chi connectivity index (χ1n) is 6.62. The van der Waals surface area contributed by atoms with Crippen LogP contribution >= 0.6 is 0 Å². The third kappa shape index (κ3) is 2.39. The Hall–Kier alpha value is -1.02. The predicted octanol–water partition coefficient (Wildman–Crippen LogP) is 3.89. The molecule has 0 radical (unpaired) electrons. The summed E-state index contributed by atoms with van der Waals surface area (Å²) in [6, 6.07) is 4.27. The minimum absolute atomic E-state index is 0.0898. The van der Waals surface area contributed by atoms with Gasteiger partial charge in [-0.05, 0) is 43.4 Å². The van der Waals surface area contributed by atoms with Gasteiger partial charge in [0.25, 0.3) is 0 Å². The van der Waals surface area contributed by atoms with Crippen molar-refractivity contribution in [1.82, 2.24) is 0 Å². The summed E-state index contributed by atoms with van der Waals surface area (Å²) in [6.07, 6.45) is 0.220. The van der Waals surface area contributed by atoms with Crippen LogP contribution in [0.5, 0.6) is 5.75 Å². The number of aliphatic hydroxyl groups excluding tert-OH is 1. The van der Waals surface area contributed by atoms with Crippen LogP contribution in [0.3, 0.4) is 0 Å². The highest BCUT2D eigenvalue weighted by Gasteiger charge is 2.34. The second kappa shape index (κ2) is 3.99. The summed E-state index contributed by atoms with van der Waals surface area (Å²) < 4.78 is 6.03. The van der Waals surface area contributed by atoms with Gasteiger partial charge < -0.3 is 9.84 Å². The van der Waals surface area contributed by atoms with E-state index in [1.807, 2.05) is 13.8 Å². The maximum Gasteiger partial charge on any atom is 0.128 e. The number of aryl methyl sites for hydroxylation is 1. The van der Waals surface area contributed by atoms with Crippen LogP contribution in [-0.2, 0) is 5.41 Å². The van der Waals surface area contributed by atoms with Gasteiger partial charge in [-0.25, -0.2) is 0 Å². The van der Waals surface area contributed by atoms with Crippen molar-refractivity contribution < 1.29 is 9.84 Å². The molecule has 1 aromatic rings. The molecule has 0 saturated carbocycles. The molecule has 1 unspecified atom stereocenters. The molecule has 0 aromatic heterocycles. The van der Waals surface area contributed by atoms with Crippen LogP contribution in [0.2, 0.25) is 0 Å². The van der Waals surface area contributed by atoms with Crippen molar-refractivity contribution in [2.24, 2.45) is 0 Å². The molecule has 0 saturated heterocycles. The topological polar surface area (TPSA) is 29.5 Å². The Kier molecular flexibility index (Phi) is 2.97. The van der Waals surface area contributed by atoms with Crippen LogP contribution in [0.15, 0.2) is 12.1 Å². The zero-order chi connectivity index (χ0) is 13.7. The molecule has 0 amide bonds. The maximum absolute atomic E-state index is 10.3. The van der Waals surface area contributed by atoms with Crippen molar-refractivity contribution in [2.75, 3.05) is 0 Å². The highest BCUT2D eigenvalue weighted by molar-refractivity contribution is 5.48. The molecule has 100 valence electrons. The number of ether oxygens (including phenoxy) is 1. The van der Waals surface area contributed by atoms with Crippen LogP contribution in [0.4, 0.5) is 0 Å². The summed E-state index contributed by atoms with van der Waals surface area (Å²) in [7, 11) is 0. The third-order valence-corrected chi connectivity index (χ3v) is 3.59. The van der Waals surface area contributed by atoms with Crippen LogP contribution in [0.25, 0.3) is 0 Å². The quantitative estimate of drug-likeness (QED) is 0.755. The Morgan fingerprint density at radius 3 is 2.44 bits per heavy atom. The van der Waals surface area contributed by atoms with E-state index in [1.54, 1.807) is 0 Å². The van der Waals surface area contributed by atoms with Crippen LogP contribution in [0, 0.1) is 6.92 Å². The molecule has 0 aliphatic carbocycles. The Bertz CT molecular complexity index is 467. The minimum Gasteiger partial charge on any atom is -0.487 e. The number of fused-ring (bicyclic) bond motifs is 1. The first kappa shape index (κ1) is 13.4. The second-order valence-corrected chi connectivity index (χ2v) is 7.04. The van der Waals surface area contributed by atoms with Gasteiger partial charge in [0.05, 0.1) is 6.10 Å². The van der Waals surface area contributed by atoms with E-state index in [0.29, 0.717) is 6.42 Å². The van der Waals surface area contributed by atoms with Crippen molar-refractivity contribution in [3.8, 4) is 5.75 Å². The normalized spacial score (nSPS) is 22.3. The summed E-state index contributed by atoms with van der Waals surface area (Å²) in [5, 5.41) is 10.3. The lowest BCUT2D eigenvalue weighted by molar-refractivity contribution is 0.0108. The fraction of sp³-hybridized carbons (Fsp3) is 0.625. The molecular weight excluding hydrogens is 224 g/mol. The predicted molar refractivity (Wildman–Crippen MR) is 74.2 cm³/mol. The van der Waals surface area contributed by atoms with Gasteiger partial charge in [0.1, 0.15) is 11.4 Å². The van der Waals surface area contributed by atoms with E-state index >= 15 is 0 Å². The number of benzene rings is 1. The van der Waals surface area contributed by atoms with E-state index in [2.05, 4.69) is 39.8 Å². The summed E-state index contributed by atoms with van der Waals surface area (Å²) in [5.41, 5.74) is 3.11. The zero-order valence-electron chi connectivity index (χ0n) is 12.3. The van der Waals surface area contributed by atoms with Crippen LogP contribution in [-0.4, -0.2) is 10.7 Å². The van der Waals surface area contributed by atoms with Crippen LogP contribution in [0.1, 0.15) is 63.8 Å². The number of rotatable bonds is 0.